The van der Waals surface area contributed by atoms with Gasteiger partial charge < -0.3 is 10.1 Å². The molecule has 2 aromatic rings. The summed E-state index contributed by atoms with van der Waals surface area (Å²) in [6, 6.07) is 9.58. The van der Waals surface area contributed by atoms with Gasteiger partial charge in [-0.05, 0) is 42.5 Å². The molecule has 0 aromatic heterocycles. The molecule has 0 bridgehead atoms. The van der Waals surface area contributed by atoms with Gasteiger partial charge in [-0.25, -0.2) is 0 Å². The quantitative estimate of drug-likeness (QED) is 0.537. The van der Waals surface area contributed by atoms with Crippen LogP contribution in [-0.2, 0) is 0 Å². The molecule has 1 N–H and O–H groups in total. The van der Waals surface area contributed by atoms with E-state index < -0.39 is 6.36 Å². The van der Waals surface area contributed by atoms with Gasteiger partial charge in [-0.3, -0.25) is 4.79 Å². The topological polar surface area (TPSA) is 38.3 Å². The average molecular weight is 376 g/mol. The molecule has 8 heteroatoms. The van der Waals surface area contributed by atoms with Gasteiger partial charge in [0.1, 0.15) is 5.75 Å². The number of rotatable bonds is 5. The summed E-state index contributed by atoms with van der Waals surface area (Å²) in [5.41, 5.74) is 0.724. The summed E-state index contributed by atoms with van der Waals surface area (Å²) in [4.78, 5) is 12.0. The lowest BCUT2D eigenvalue weighted by Gasteiger charge is -2.09. The number of halogens is 5. The van der Waals surface area contributed by atoms with Gasteiger partial charge in [-0.2, -0.15) is 0 Å². The van der Waals surface area contributed by atoms with Crippen molar-refractivity contribution in [3.8, 4) is 5.75 Å². The molecule has 0 unspecified atom stereocenters. The molecule has 2 rings (SSSR count). The second-order valence-electron chi connectivity index (χ2n) is 4.54. The summed E-state index contributed by atoms with van der Waals surface area (Å²) < 4.78 is 39.9. The molecule has 3 nitrogen and oxygen atoms in total. The van der Waals surface area contributed by atoms with Crippen LogP contribution < -0.4 is 10.1 Å². The zero-order valence-corrected chi connectivity index (χ0v) is 13.4. The summed E-state index contributed by atoms with van der Waals surface area (Å²) in [6.45, 7) is 0. The predicted molar refractivity (Wildman–Crippen MR) is 86.7 cm³/mol. The first kappa shape index (κ1) is 18.2. The molecule has 0 aliphatic heterocycles. The molecular formula is C16H10Cl2F3NO2. The average Bonchev–Trinajstić information content (AvgIpc) is 2.50. The van der Waals surface area contributed by atoms with Crippen molar-refractivity contribution in [2.45, 2.75) is 6.36 Å². The highest BCUT2D eigenvalue weighted by Crippen LogP contribution is 2.24. The van der Waals surface area contributed by atoms with Crippen LogP contribution in [0.15, 0.2) is 54.7 Å². The maximum absolute atomic E-state index is 12.0. The van der Waals surface area contributed by atoms with Crippen molar-refractivity contribution in [3.05, 3.63) is 70.3 Å². The van der Waals surface area contributed by atoms with E-state index in [2.05, 4.69) is 10.1 Å². The van der Waals surface area contributed by atoms with Crippen molar-refractivity contribution in [3.63, 3.8) is 0 Å². The van der Waals surface area contributed by atoms with Crippen molar-refractivity contribution in [2.75, 3.05) is 5.32 Å². The Morgan fingerprint density at radius 3 is 2.38 bits per heavy atom. The molecule has 2 aromatic carbocycles. The lowest BCUT2D eigenvalue weighted by atomic mass is 10.1. The number of ketones is 1. The third kappa shape index (κ3) is 5.47. The maximum atomic E-state index is 12.0. The van der Waals surface area contributed by atoms with Crippen LogP contribution in [0.2, 0.25) is 10.0 Å². The second-order valence-corrected chi connectivity index (χ2v) is 5.38. The molecule has 0 aliphatic carbocycles. The van der Waals surface area contributed by atoms with E-state index in [1.165, 1.54) is 36.5 Å². The molecule has 0 amide bonds. The van der Waals surface area contributed by atoms with Gasteiger partial charge in [0, 0.05) is 28.5 Å². The summed E-state index contributed by atoms with van der Waals surface area (Å²) in [5, 5.41) is 3.40. The van der Waals surface area contributed by atoms with E-state index in [9.17, 15) is 18.0 Å². The standard InChI is InChI=1S/C16H10Cl2F3NO2/c17-10-1-6-14(18)13(9-10)15(23)7-8-22-11-2-4-12(5-3-11)24-16(19,20)21/h1-9,22H/b8-7-. The van der Waals surface area contributed by atoms with E-state index in [1.54, 1.807) is 6.07 Å². The SMILES string of the molecule is O=C(/C=C\Nc1ccc(OC(F)(F)F)cc1)c1cc(Cl)ccc1Cl. The van der Waals surface area contributed by atoms with Gasteiger partial charge >= 0.3 is 6.36 Å². The zero-order chi connectivity index (χ0) is 17.7. The molecule has 24 heavy (non-hydrogen) atoms. The molecule has 0 spiro atoms. The van der Waals surface area contributed by atoms with Crippen LogP contribution in [0, 0.1) is 0 Å². The molecule has 0 atom stereocenters. The molecule has 0 saturated carbocycles. The summed E-state index contributed by atoms with van der Waals surface area (Å²) in [7, 11) is 0. The van der Waals surface area contributed by atoms with Crippen LogP contribution in [0.25, 0.3) is 0 Å². The number of nitrogens with one attached hydrogen (secondary N) is 1. The van der Waals surface area contributed by atoms with Crippen molar-refractivity contribution >= 4 is 34.7 Å². The first-order chi connectivity index (χ1) is 11.2. The minimum absolute atomic E-state index is 0.246. The van der Waals surface area contributed by atoms with Crippen LogP contribution in [0.1, 0.15) is 10.4 Å². The molecular weight excluding hydrogens is 366 g/mol. The fourth-order valence-electron chi connectivity index (χ4n) is 1.74. The number of allylic oxidation sites excluding steroid dienone is 1. The number of ether oxygens (including phenoxy) is 1. The Hall–Kier alpha value is -2.18. The van der Waals surface area contributed by atoms with E-state index in [0.29, 0.717) is 10.7 Å². The summed E-state index contributed by atoms with van der Waals surface area (Å²) >= 11 is 11.7. The second kappa shape index (κ2) is 7.59. The zero-order valence-electron chi connectivity index (χ0n) is 11.9. The molecule has 0 saturated heterocycles. The highest BCUT2D eigenvalue weighted by Gasteiger charge is 2.30. The lowest BCUT2D eigenvalue weighted by Crippen LogP contribution is -2.16. The van der Waals surface area contributed by atoms with Crippen LogP contribution >= 0.6 is 23.2 Å². The molecule has 0 heterocycles. The van der Waals surface area contributed by atoms with Crippen LogP contribution in [0.4, 0.5) is 18.9 Å². The van der Waals surface area contributed by atoms with Gasteiger partial charge in [0.05, 0.1) is 5.02 Å². The minimum atomic E-state index is -4.74. The molecule has 0 aliphatic rings. The van der Waals surface area contributed by atoms with E-state index in [1.807, 2.05) is 0 Å². The fourth-order valence-corrected chi connectivity index (χ4v) is 2.13. The lowest BCUT2D eigenvalue weighted by molar-refractivity contribution is -0.274. The largest absolute Gasteiger partial charge is 0.573 e. The maximum Gasteiger partial charge on any atom is 0.573 e. The minimum Gasteiger partial charge on any atom is -0.406 e. The molecule has 126 valence electrons. The van der Waals surface area contributed by atoms with E-state index in [0.717, 1.165) is 12.1 Å². The van der Waals surface area contributed by atoms with Gasteiger partial charge in [0.25, 0.3) is 0 Å². The monoisotopic (exact) mass is 375 g/mol. The Kier molecular flexibility index (Phi) is 5.75. The Morgan fingerprint density at radius 2 is 1.75 bits per heavy atom. The fraction of sp³-hybridized carbons (Fsp3) is 0.0625. The van der Waals surface area contributed by atoms with E-state index in [-0.39, 0.29) is 22.1 Å². The Morgan fingerprint density at radius 1 is 1.08 bits per heavy atom. The van der Waals surface area contributed by atoms with Crippen LogP contribution in [0.5, 0.6) is 5.75 Å². The highest BCUT2D eigenvalue weighted by atomic mass is 35.5. The third-order valence-electron chi connectivity index (χ3n) is 2.77. The normalized spacial score (nSPS) is 11.5. The first-order valence-corrected chi connectivity index (χ1v) is 7.28. The van der Waals surface area contributed by atoms with Crippen molar-refractivity contribution in [1.82, 2.24) is 0 Å². The van der Waals surface area contributed by atoms with Gasteiger partial charge in [0.15, 0.2) is 5.78 Å². The van der Waals surface area contributed by atoms with Gasteiger partial charge in [0.2, 0.25) is 0 Å². The predicted octanol–water partition coefficient (Wildman–Crippen LogP) is 5.70. The Bertz CT molecular complexity index is 759. The number of alkyl halides is 3. The van der Waals surface area contributed by atoms with E-state index in [4.69, 9.17) is 23.2 Å². The summed E-state index contributed by atoms with van der Waals surface area (Å²) in [6.07, 6.45) is -2.16. The number of hydrogen-bond donors (Lipinski definition) is 1. The number of carbonyl (C=O) groups is 1. The number of benzene rings is 2. The van der Waals surface area contributed by atoms with Crippen LogP contribution in [0.3, 0.4) is 0 Å². The van der Waals surface area contributed by atoms with Crippen molar-refractivity contribution < 1.29 is 22.7 Å². The number of hydrogen-bond acceptors (Lipinski definition) is 3. The van der Waals surface area contributed by atoms with Crippen molar-refractivity contribution in [2.24, 2.45) is 0 Å². The first-order valence-electron chi connectivity index (χ1n) is 6.53. The Labute approximate surface area is 145 Å². The number of anilines is 1. The third-order valence-corrected chi connectivity index (χ3v) is 3.33. The Balaban J connectivity index is 1.98. The summed E-state index contributed by atoms with van der Waals surface area (Å²) in [5.74, 6) is -0.703. The smallest absolute Gasteiger partial charge is 0.406 e. The molecule has 0 radical (unpaired) electrons. The number of carbonyl (C=O) groups excluding carboxylic acids is 1. The molecule has 0 fully saturated rings. The van der Waals surface area contributed by atoms with Gasteiger partial charge in [-0.1, -0.05) is 23.2 Å². The van der Waals surface area contributed by atoms with Gasteiger partial charge in [-0.15, -0.1) is 13.2 Å². The van der Waals surface area contributed by atoms with Crippen molar-refractivity contribution in [1.29, 1.82) is 0 Å². The van der Waals surface area contributed by atoms with E-state index >= 15 is 0 Å². The van der Waals surface area contributed by atoms with Crippen LogP contribution in [-0.4, -0.2) is 12.1 Å². The highest BCUT2D eigenvalue weighted by molar-refractivity contribution is 6.36.